The molecule has 5 nitrogen and oxygen atoms in total. The summed E-state index contributed by atoms with van der Waals surface area (Å²) in [6.07, 6.45) is 0.414. The Morgan fingerprint density at radius 2 is 2.06 bits per heavy atom. The van der Waals surface area contributed by atoms with Crippen LogP contribution in [0.5, 0.6) is 5.75 Å². The number of thiophene rings is 1. The number of carbonyl (C=O) groups is 1. The van der Waals surface area contributed by atoms with E-state index in [-0.39, 0.29) is 11.3 Å². The minimum absolute atomic E-state index is 0.0621. The molecule has 6 heteroatoms. The smallest absolute Gasteiger partial charge is 0.188 e. The number of hydrogen-bond donors (Lipinski definition) is 2. The summed E-state index contributed by atoms with van der Waals surface area (Å²) in [6, 6.07) is 4.53. The fraction of sp³-hybridized carbons (Fsp3) is 0. The van der Waals surface area contributed by atoms with Gasteiger partial charge in [0.1, 0.15) is 0 Å². The summed E-state index contributed by atoms with van der Waals surface area (Å²) in [5.74, 6) is -0.557. The highest BCUT2D eigenvalue weighted by molar-refractivity contribution is 7.08. The van der Waals surface area contributed by atoms with Crippen LogP contribution in [-0.4, -0.2) is 11.4 Å². The van der Waals surface area contributed by atoms with Crippen LogP contribution in [0.3, 0.4) is 0 Å². The summed E-state index contributed by atoms with van der Waals surface area (Å²) in [6.45, 7) is 0. The molecule has 2 N–H and O–H groups in total. The highest BCUT2D eigenvalue weighted by Gasteiger charge is 2.13. The Balaban J connectivity index is 2.63. The molecule has 1 aromatic heterocycles. The van der Waals surface area contributed by atoms with E-state index in [0.29, 0.717) is 11.8 Å². The Bertz CT molecular complexity index is 537. The maximum Gasteiger partial charge on any atom is 0.188 e. The molecule has 2 aromatic rings. The predicted octanol–water partition coefficient (Wildman–Crippen LogP) is 1.45. The Labute approximate surface area is 101 Å². The van der Waals surface area contributed by atoms with Gasteiger partial charge < -0.3 is 20.7 Å². The molecule has 0 saturated heterocycles. The van der Waals surface area contributed by atoms with Crippen molar-refractivity contribution < 1.29 is 15.1 Å². The Kier molecular flexibility index (Phi) is 3.21. The maximum atomic E-state index is 10.8. The molecule has 0 amide bonds. The van der Waals surface area contributed by atoms with E-state index in [1.165, 1.54) is 23.5 Å². The van der Waals surface area contributed by atoms with Crippen molar-refractivity contribution in [1.82, 2.24) is 0 Å². The quantitative estimate of drug-likeness (QED) is 0.490. The predicted molar refractivity (Wildman–Crippen MR) is 64.2 cm³/mol. The van der Waals surface area contributed by atoms with E-state index in [9.17, 15) is 20.3 Å². The Morgan fingerprint density at radius 3 is 2.59 bits per heavy atom. The van der Waals surface area contributed by atoms with Gasteiger partial charge in [-0.1, -0.05) is 0 Å². The molecule has 2 rings (SSSR count). The average Bonchev–Trinajstić information content (AvgIpc) is 2.82. The number of hydrogen-bond acceptors (Lipinski definition) is 5. The molecule has 17 heavy (non-hydrogen) atoms. The first-order valence-electron chi connectivity index (χ1n) is 4.69. The van der Waals surface area contributed by atoms with E-state index in [0.717, 1.165) is 5.56 Å². The van der Waals surface area contributed by atoms with Gasteiger partial charge in [0.05, 0.1) is 5.56 Å². The van der Waals surface area contributed by atoms with Crippen LogP contribution in [0.2, 0.25) is 0 Å². The third-order valence-electron chi connectivity index (χ3n) is 2.34. The van der Waals surface area contributed by atoms with Crippen LogP contribution in [0.15, 0.2) is 29.0 Å². The number of benzene rings is 1. The van der Waals surface area contributed by atoms with Gasteiger partial charge in [-0.2, -0.15) is 11.3 Å². The molecule has 1 heterocycles. The van der Waals surface area contributed by atoms with E-state index in [4.69, 9.17) is 0 Å². The summed E-state index contributed by atoms with van der Waals surface area (Å²) in [7, 11) is 0. The maximum absolute atomic E-state index is 10.8. The summed E-state index contributed by atoms with van der Waals surface area (Å²) < 4.78 is 0. The first-order chi connectivity index (χ1) is 8.13. The molecular formula is C11H8NO4S-. The van der Waals surface area contributed by atoms with Crippen LogP contribution in [-0.2, 0) is 0 Å². The molecule has 0 saturated carbocycles. The highest BCUT2D eigenvalue weighted by Crippen LogP contribution is 2.31. The van der Waals surface area contributed by atoms with Crippen LogP contribution in [0.25, 0.3) is 11.1 Å². The summed E-state index contributed by atoms with van der Waals surface area (Å²) in [4.78, 5) is 10.8. The third-order valence-corrected chi connectivity index (χ3v) is 3.02. The minimum atomic E-state index is -1.51. The molecule has 0 aliphatic heterocycles. The molecule has 0 spiro atoms. The van der Waals surface area contributed by atoms with Crippen molar-refractivity contribution >= 4 is 23.3 Å². The molecule has 1 aromatic carbocycles. The lowest BCUT2D eigenvalue weighted by Crippen LogP contribution is -2.96. The molecule has 0 aliphatic rings. The van der Waals surface area contributed by atoms with Crippen molar-refractivity contribution in [1.29, 1.82) is 0 Å². The zero-order chi connectivity index (χ0) is 12.4. The van der Waals surface area contributed by atoms with Gasteiger partial charge in [0, 0.05) is 6.07 Å². The van der Waals surface area contributed by atoms with Gasteiger partial charge in [-0.15, -0.1) is 0 Å². The van der Waals surface area contributed by atoms with Crippen LogP contribution < -0.4 is 5.23 Å². The molecular weight excluding hydrogens is 242 g/mol. The van der Waals surface area contributed by atoms with Gasteiger partial charge in [-0.25, -0.2) is 0 Å². The lowest BCUT2D eigenvalue weighted by atomic mass is 10.0. The number of phenols is 1. The number of rotatable bonds is 3. The second kappa shape index (κ2) is 4.64. The van der Waals surface area contributed by atoms with Gasteiger partial charge in [-0.3, -0.25) is 4.79 Å². The summed E-state index contributed by atoms with van der Waals surface area (Å²) in [5.41, 5.74) is 0.912. The van der Waals surface area contributed by atoms with E-state index < -0.39 is 11.0 Å². The molecule has 0 aliphatic carbocycles. The second-order valence-corrected chi connectivity index (χ2v) is 4.16. The normalized spacial score (nSPS) is 10.8. The summed E-state index contributed by atoms with van der Waals surface area (Å²) in [5, 5.41) is 33.3. The molecule has 0 bridgehead atoms. The van der Waals surface area contributed by atoms with E-state index in [2.05, 4.69) is 0 Å². The first kappa shape index (κ1) is 11.7. The van der Waals surface area contributed by atoms with Crippen molar-refractivity contribution in [3.63, 3.8) is 0 Å². The topological polar surface area (TPSA) is 87.9 Å². The fourth-order valence-corrected chi connectivity index (χ4v) is 2.16. The molecule has 0 unspecified atom stereocenters. The van der Waals surface area contributed by atoms with Gasteiger partial charge in [0.25, 0.3) is 0 Å². The minimum Gasteiger partial charge on any atom is -0.628 e. The van der Waals surface area contributed by atoms with Gasteiger partial charge >= 0.3 is 0 Å². The van der Waals surface area contributed by atoms with Crippen molar-refractivity contribution in [3.05, 3.63) is 44.9 Å². The Morgan fingerprint density at radius 1 is 1.29 bits per heavy atom. The van der Waals surface area contributed by atoms with Crippen molar-refractivity contribution in [2.24, 2.45) is 0 Å². The van der Waals surface area contributed by atoms with Crippen LogP contribution in [0.4, 0.5) is 5.69 Å². The monoisotopic (exact) mass is 250 g/mol. The van der Waals surface area contributed by atoms with Gasteiger partial charge in [0.2, 0.25) is 0 Å². The zero-order valence-electron chi connectivity index (χ0n) is 8.54. The highest BCUT2D eigenvalue weighted by atomic mass is 32.1. The molecule has 0 fully saturated rings. The second-order valence-electron chi connectivity index (χ2n) is 3.38. The van der Waals surface area contributed by atoms with Crippen LogP contribution in [0, 0.1) is 10.4 Å². The number of phenolic OH excluding ortho intramolecular Hbond substituents is 1. The molecule has 0 atom stereocenters. The number of aromatic hydroxyl groups is 1. The number of nitrogens with one attached hydrogen (secondary N) is 1. The molecule has 88 valence electrons. The van der Waals surface area contributed by atoms with Crippen molar-refractivity contribution in [2.75, 3.05) is 0 Å². The zero-order valence-corrected chi connectivity index (χ0v) is 9.36. The van der Waals surface area contributed by atoms with E-state index in [1.54, 1.807) is 6.07 Å². The first-order valence-corrected chi connectivity index (χ1v) is 5.64. The SMILES string of the molecule is O=Cc1cc(-c2ccsc2)cc([NH+]([O-])[O-])c1O. The number of aldehydes is 1. The average molecular weight is 250 g/mol. The van der Waals surface area contributed by atoms with Crippen LogP contribution >= 0.6 is 11.3 Å². The lowest BCUT2D eigenvalue weighted by molar-refractivity contribution is -0.715. The Hall–Kier alpha value is -1.73. The lowest BCUT2D eigenvalue weighted by Gasteiger charge is -2.26. The van der Waals surface area contributed by atoms with E-state index in [1.807, 2.05) is 10.8 Å². The fourth-order valence-electron chi connectivity index (χ4n) is 1.50. The standard InChI is InChI=1S/C11H8NO4S/c13-5-9-3-8(7-1-2-17-6-7)4-10(11(9)14)12(15)16/h1-6,12,14H/q-1. The summed E-state index contributed by atoms with van der Waals surface area (Å²) >= 11 is 1.45. The number of carbonyl (C=O) groups excluding carboxylic acids is 1. The van der Waals surface area contributed by atoms with Crippen LogP contribution in [0.1, 0.15) is 10.4 Å². The van der Waals surface area contributed by atoms with E-state index >= 15 is 0 Å². The molecule has 0 radical (unpaired) electrons. The van der Waals surface area contributed by atoms with Gasteiger partial charge in [0.15, 0.2) is 17.7 Å². The number of quaternary nitrogens is 1. The van der Waals surface area contributed by atoms with Crippen molar-refractivity contribution in [3.8, 4) is 16.9 Å². The van der Waals surface area contributed by atoms with Crippen molar-refractivity contribution in [2.45, 2.75) is 0 Å². The largest absolute Gasteiger partial charge is 0.628 e. The third kappa shape index (κ3) is 2.20. The van der Waals surface area contributed by atoms with Gasteiger partial charge in [-0.05, 0) is 34.0 Å².